The molecule has 0 radical (unpaired) electrons. The zero-order valence-corrected chi connectivity index (χ0v) is 10.8. The van der Waals surface area contributed by atoms with Crippen LogP contribution in [0, 0.1) is 5.82 Å². The molecule has 1 atom stereocenters. The maximum Gasteiger partial charge on any atom is 0.197 e. The highest BCUT2D eigenvalue weighted by Crippen LogP contribution is 2.26. The Morgan fingerprint density at radius 1 is 1.11 bits per heavy atom. The third-order valence-corrected chi connectivity index (χ3v) is 3.33. The van der Waals surface area contributed by atoms with Gasteiger partial charge in [-0.1, -0.05) is 24.3 Å². The highest BCUT2D eigenvalue weighted by atomic mass is 35.5. The molecule has 0 aliphatic rings. The maximum atomic E-state index is 12.8. The molecule has 0 spiro atoms. The molecule has 1 unspecified atom stereocenters. The van der Waals surface area contributed by atoms with Crippen LogP contribution >= 0.6 is 11.6 Å². The fourth-order valence-corrected chi connectivity index (χ4v) is 2.23. The lowest BCUT2D eigenvalue weighted by molar-refractivity contribution is 0.525. The molecule has 3 rings (SSSR count). The molecule has 19 heavy (non-hydrogen) atoms. The van der Waals surface area contributed by atoms with E-state index >= 15 is 0 Å². The minimum atomic E-state index is -0.284. The van der Waals surface area contributed by atoms with E-state index in [0.29, 0.717) is 12.3 Å². The standard InChI is InChI=1S/C15H11ClFNO/c16-12(10-5-7-11(17)8-6-10)9-15-18-13-3-1-2-4-14(13)19-15/h1-8,12H,9H2. The van der Waals surface area contributed by atoms with Crippen LogP contribution in [0.3, 0.4) is 0 Å². The molecule has 2 aromatic carbocycles. The highest BCUT2D eigenvalue weighted by molar-refractivity contribution is 6.20. The maximum absolute atomic E-state index is 12.8. The molecule has 3 aromatic rings. The molecule has 1 heterocycles. The molecule has 0 fully saturated rings. The molecule has 0 aliphatic carbocycles. The van der Waals surface area contributed by atoms with Crippen LogP contribution in [0.2, 0.25) is 0 Å². The lowest BCUT2D eigenvalue weighted by atomic mass is 10.1. The molecular formula is C15H11ClFNO. The zero-order valence-electron chi connectivity index (χ0n) is 10.0. The van der Waals surface area contributed by atoms with E-state index in [1.165, 1.54) is 12.1 Å². The van der Waals surface area contributed by atoms with Gasteiger partial charge in [-0.15, -0.1) is 11.6 Å². The summed E-state index contributed by atoms with van der Waals surface area (Å²) in [6.07, 6.45) is 0.474. The second-order valence-corrected chi connectivity index (χ2v) is 4.83. The molecule has 0 amide bonds. The number of para-hydroxylation sites is 2. The van der Waals surface area contributed by atoms with E-state index in [-0.39, 0.29) is 11.2 Å². The summed E-state index contributed by atoms with van der Waals surface area (Å²) in [4.78, 5) is 4.37. The lowest BCUT2D eigenvalue weighted by Gasteiger charge is -2.06. The second-order valence-electron chi connectivity index (χ2n) is 4.30. The van der Waals surface area contributed by atoms with Crippen molar-refractivity contribution >= 4 is 22.7 Å². The van der Waals surface area contributed by atoms with Crippen molar-refractivity contribution in [3.63, 3.8) is 0 Å². The summed E-state index contributed by atoms with van der Waals surface area (Å²) in [5, 5.41) is -0.284. The van der Waals surface area contributed by atoms with E-state index in [4.69, 9.17) is 16.0 Å². The van der Waals surface area contributed by atoms with Gasteiger partial charge in [0.15, 0.2) is 11.5 Å². The number of halogens is 2. The Labute approximate surface area is 114 Å². The van der Waals surface area contributed by atoms with Gasteiger partial charge >= 0.3 is 0 Å². The second kappa shape index (κ2) is 5.02. The minimum absolute atomic E-state index is 0.269. The smallest absolute Gasteiger partial charge is 0.197 e. The van der Waals surface area contributed by atoms with Crippen LogP contribution in [0.15, 0.2) is 52.9 Å². The van der Waals surface area contributed by atoms with Gasteiger partial charge in [0.05, 0.1) is 5.38 Å². The first-order valence-corrected chi connectivity index (χ1v) is 6.40. The van der Waals surface area contributed by atoms with Crippen LogP contribution in [-0.4, -0.2) is 4.98 Å². The number of benzene rings is 2. The normalized spacial score (nSPS) is 12.7. The van der Waals surface area contributed by atoms with Gasteiger partial charge in [0.25, 0.3) is 0 Å². The number of hydrogen-bond acceptors (Lipinski definition) is 2. The fourth-order valence-electron chi connectivity index (χ4n) is 1.95. The van der Waals surface area contributed by atoms with Crippen molar-refractivity contribution in [2.24, 2.45) is 0 Å². The van der Waals surface area contributed by atoms with E-state index in [9.17, 15) is 4.39 Å². The number of rotatable bonds is 3. The molecule has 0 bridgehead atoms. The number of hydrogen-bond donors (Lipinski definition) is 0. The van der Waals surface area contributed by atoms with Crippen LogP contribution in [0.5, 0.6) is 0 Å². The van der Waals surface area contributed by atoms with Crippen LogP contribution in [-0.2, 0) is 6.42 Å². The van der Waals surface area contributed by atoms with E-state index in [2.05, 4.69) is 4.98 Å². The number of alkyl halides is 1. The molecular weight excluding hydrogens is 265 g/mol. The van der Waals surface area contributed by atoms with Crippen LogP contribution in [0.1, 0.15) is 16.8 Å². The molecule has 4 heteroatoms. The summed E-state index contributed by atoms with van der Waals surface area (Å²) in [6, 6.07) is 13.7. The average molecular weight is 276 g/mol. The minimum Gasteiger partial charge on any atom is -0.441 e. The van der Waals surface area contributed by atoms with Crippen molar-refractivity contribution in [2.75, 3.05) is 0 Å². The number of aromatic nitrogens is 1. The molecule has 0 saturated heterocycles. The van der Waals surface area contributed by atoms with Crippen molar-refractivity contribution in [3.05, 3.63) is 65.8 Å². The van der Waals surface area contributed by atoms with Gasteiger partial charge in [-0.25, -0.2) is 9.37 Å². The van der Waals surface area contributed by atoms with Crippen LogP contribution < -0.4 is 0 Å². The highest BCUT2D eigenvalue weighted by Gasteiger charge is 2.13. The number of fused-ring (bicyclic) bond motifs is 1. The zero-order chi connectivity index (χ0) is 13.2. The van der Waals surface area contributed by atoms with E-state index in [1.54, 1.807) is 12.1 Å². The van der Waals surface area contributed by atoms with E-state index in [1.807, 2.05) is 24.3 Å². The average Bonchev–Trinajstić information content (AvgIpc) is 2.81. The topological polar surface area (TPSA) is 26.0 Å². The third kappa shape index (κ3) is 2.61. The van der Waals surface area contributed by atoms with E-state index < -0.39 is 0 Å². The van der Waals surface area contributed by atoms with Crippen LogP contribution in [0.25, 0.3) is 11.1 Å². The largest absolute Gasteiger partial charge is 0.441 e. The fraction of sp³-hybridized carbons (Fsp3) is 0.133. The Morgan fingerprint density at radius 2 is 1.84 bits per heavy atom. The summed E-state index contributed by atoms with van der Waals surface area (Å²) in [5.41, 5.74) is 2.42. The molecule has 2 nitrogen and oxygen atoms in total. The van der Waals surface area contributed by atoms with Crippen molar-refractivity contribution in [1.82, 2.24) is 4.98 Å². The van der Waals surface area contributed by atoms with E-state index in [0.717, 1.165) is 16.7 Å². The Kier molecular flexibility index (Phi) is 3.22. The van der Waals surface area contributed by atoms with Gasteiger partial charge in [-0.2, -0.15) is 0 Å². The molecule has 0 saturated carbocycles. The Balaban J connectivity index is 1.82. The molecule has 0 N–H and O–H groups in total. The van der Waals surface area contributed by atoms with Crippen molar-refractivity contribution < 1.29 is 8.81 Å². The van der Waals surface area contributed by atoms with Crippen molar-refractivity contribution in [3.8, 4) is 0 Å². The molecule has 96 valence electrons. The third-order valence-electron chi connectivity index (χ3n) is 2.92. The Bertz CT molecular complexity index is 660. The summed E-state index contributed by atoms with van der Waals surface area (Å²) >= 11 is 6.30. The first-order valence-electron chi connectivity index (χ1n) is 5.96. The summed E-state index contributed by atoms with van der Waals surface area (Å²) in [7, 11) is 0. The summed E-state index contributed by atoms with van der Waals surface area (Å²) in [6.45, 7) is 0. The SMILES string of the molecule is Fc1ccc(C(Cl)Cc2nc3ccccc3o2)cc1. The van der Waals surface area contributed by atoms with Gasteiger partial charge < -0.3 is 4.42 Å². The molecule has 1 aromatic heterocycles. The first kappa shape index (κ1) is 12.2. The number of oxazole rings is 1. The van der Waals surface area contributed by atoms with Crippen molar-refractivity contribution in [1.29, 1.82) is 0 Å². The number of nitrogens with zero attached hydrogens (tertiary/aromatic N) is 1. The Hall–Kier alpha value is -1.87. The van der Waals surface area contributed by atoms with Crippen LogP contribution in [0.4, 0.5) is 4.39 Å². The predicted octanol–water partition coefficient (Wildman–Crippen LogP) is 4.49. The summed E-state index contributed by atoms with van der Waals surface area (Å²) in [5.74, 6) is 0.319. The van der Waals surface area contributed by atoms with Gasteiger partial charge in [-0.05, 0) is 29.8 Å². The van der Waals surface area contributed by atoms with Crippen molar-refractivity contribution in [2.45, 2.75) is 11.8 Å². The summed E-state index contributed by atoms with van der Waals surface area (Å²) < 4.78 is 18.5. The first-order chi connectivity index (χ1) is 9.22. The van der Waals surface area contributed by atoms with Gasteiger partial charge in [0, 0.05) is 6.42 Å². The van der Waals surface area contributed by atoms with Gasteiger partial charge in [0.1, 0.15) is 11.3 Å². The monoisotopic (exact) mass is 275 g/mol. The predicted molar refractivity (Wildman–Crippen MR) is 72.7 cm³/mol. The lowest BCUT2D eigenvalue weighted by Crippen LogP contribution is -1.96. The molecule has 0 aliphatic heterocycles. The van der Waals surface area contributed by atoms with Gasteiger partial charge in [0.2, 0.25) is 0 Å². The quantitative estimate of drug-likeness (QED) is 0.658. The Morgan fingerprint density at radius 3 is 2.58 bits per heavy atom. The van der Waals surface area contributed by atoms with Gasteiger partial charge in [-0.3, -0.25) is 0 Å².